The van der Waals surface area contributed by atoms with Gasteiger partial charge in [0, 0.05) is 10.6 Å². The Bertz CT molecular complexity index is 506. The van der Waals surface area contributed by atoms with Crippen LogP contribution in [0.25, 0.3) is 0 Å². The Morgan fingerprint density at radius 3 is 2.65 bits per heavy atom. The molecule has 17 heavy (non-hydrogen) atoms. The van der Waals surface area contributed by atoms with Crippen molar-refractivity contribution in [3.8, 4) is 6.07 Å². The van der Waals surface area contributed by atoms with E-state index in [9.17, 15) is 4.79 Å². The van der Waals surface area contributed by atoms with Crippen molar-refractivity contribution in [2.45, 2.75) is 0 Å². The Morgan fingerprint density at radius 1 is 1.41 bits per heavy atom. The van der Waals surface area contributed by atoms with Crippen LogP contribution in [0.4, 0.5) is 0 Å². The molecule has 1 N–H and O–H groups in total. The highest BCUT2D eigenvalue weighted by Crippen LogP contribution is 2.16. The molecule has 0 aliphatic carbocycles. The Kier molecular flexibility index (Phi) is 3.31. The number of hydrogen-bond donors (Lipinski definition) is 1. The standard InChI is InChI=1S/C12H9ClN2O2/c13-9-3-1-8(2-4-9)11(16)10(7-14)12-15-5-6-17-12/h1-4,15H,5-6H2/b12-10+. The summed E-state index contributed by atoms with van der Waals surface area (Å²) in [5, 5.41) is 12.4. The molecule has 0 radical (unpaired) electrons. The molecule has 0 bridgehead atoms. The van der Waals surface area contributed by atoms with E-state index < -0.39 is 0 Å². The number of Topliss-reactive ketones (excluding diaryl/α,β-unsaturated/α-hetero) is 1. The number of carbonyl (C=O) groups excluding carboxylic acids is 1. The van der Waals surface area contributed by atoms with E-state index in [-0.39, 0.29) is 17.2 Å². The molecule has 1 aromatic carbocycles. The lowest BCUT2D eigenvalue weighted by Crippen LogP contribution is -2.12. The predicted octanol–water partition coefficient (Wildman–Crippen LogP) is 1.88. The maximum atomic E-state index is 12.0. The van der Waals surface area contributed by atoms with Crippen LogP contribution in [0.3, 0.4) is 0 Å². The first kappa shape index (κ1) is 11.5. The average molecular weight is 249 g/mol. The second kappa shape index (κ2) is 4.89. The number of carbonyl (C=O) groups is 1. The molecule has 1 heterocycles. The molecule has 1 aromatic rings. The predicted molar refractivity (Wildman–Crippen MR) is 62.4 cm³/mol. The van der Waals surface area contributed by atoms with Gasteiger partial charge in [-0.15, -0.1) is 0 Å². The SMILES string of the molecule is N#C/C(C(=O)c1ccc(Cl)cc1)=C1/NCCO1. The van der Waals surface area contributed by atoms with Crippen LogP contribution in [-0.2, 0) is 4.74 Å². The smallest absolute Gasteiger partial charge is 0.209 e. The number of nitrogens with zero attached hydrogens (tertiary/aromatic N) is 1. The van der Waals surface area contributed by atoms with Crippen LogP contribution in [0.2, 0.25) is 5.02 Å². The molecule has 1 aliphatic heterocycles. The lowest BCUT2D eigenvalue weighted by Gasteiger charge is -2.03. The molecule has 0 saturated carbocycles. The van der Waals surface area contributed by atoms with E-state index in [0.29, 0.717) is 23.7 Å². The van der Waals surface area contributed by atoms with Crippen molar-refractivity contribution in [1.82, 2.24) is 5.32 Å². The molecule has 0 unspecified atom stereocenters. The normalized spacial score (nSPS) is 16.7. The number of ether oxygens (including phenoxy) is 1. The van der Waals surface area contributed by atoms with Gasteiger partial charge in [0.1, 0.15) is 12.7 Å². The zero-order valence-electron chi connectivity index (χ0n) is 8.87. The number of allylic oxidation sites excluding steroid dienone is 1. The van der Waals surface area contributed by atoms with E-state index in [1.807, 2.05) is 6.07 Å². The van der Waals surface area contributed by atoms with Gasteiger partial charge in [-0.1, -0.05) is 11.6 Å². The zero-order valence-corrected chi connectivity index (χ0v) is 9.62. The van der Waals surface area contributed by atoms with Crippen molar-refractivity contribution < 1.29 is 9.53 Å². The lowest BCUT2D eigenvalue weighted by molar-refractivity contribution is 0.103. The van der Waals surface area contributed by atoms with Gasteiger partial charge in [-0.3, -0.25) is 4.79 Å². The van der Waals surface area contributed by atoms with Gasteiger partial charge in [-0.05, 0) is 24.3 Å². The van der Waals surface area contributed by atoms with Crippen LogP contribution in [0, 0.1) is 11.3 Å². The van der Waals surface area contributed by atoms with E-state index in [2.05, 4.69) is 5.32 Å². The van der Waals surface area contributed by atoms with Crippen molar-refractivity contribution >= 4 is 17.4 Å². The quantitative estimate of drug-likeness (QED) is 0.493. The molecule has 5 heteroatoms. The van der Waals surface area contributed by atoms with Crippen LogP contribution in [0.5, 0.6) is 0 Å². The first-order chi connectivity index (χ1) is 8.22. The molecule has 0 aromatic heterocycles. The maximum absolute atomic E-state index is 12.0. The molecule has 4 nitrogen and oxygen atoms in total. The number of benzene rings is 1. The average Bonchev–Trinajstić information content (AvgIpc) is 2.84. The van der Waals surface area contributed by atoms with Crippen molar-refractivity contribution in [3.63, 3.8) is 0 Å². The third-order valence-electron chi connectivity index (χ3n) is 2.31. The lowest BCUT2D eigenvalue weighted by atomic mass is 10.1. The van der Waals surface area contributed by atoms with Crippen LogP contribution in [0.15, 0.2) is 35.7 Å². The summed E-state index contributed by atoms with van der Waals surface area (Å²) in [5.74, 6) is -0.110. The number of ketones is 1. The van der Waals surface area contributed by atoms with E-state index in [0.717, 1.165) is 0 Å². The fourth-order valence-electron chi connectivity index (χ4n) is 1.48. The summed E-state index contributed by atoms with van der Waals surface area (Å²) in [4.78, 5) is 12.0. The Balaban J connectivity index is 2.33. The van der Waals surface area contributed by atoms with E-state index >= 15 is 0 Å². The highest BCUT2D eigenvalue weighted by atomic mass is 35.5. The largest absolute Gasteiger partial charge is 0.476 e. The minimum Gasteiger partial charge on any atom is -0.476 e. The van der Waals surface area contributed by atoms with E-state index in [1.54, 1.807) is 24.3 Å². The maximum Gasteiger partial charge on any atom is 0.209 e. The number of hydrogen-bond acceptors (Lipinski definition) is 4. The summed E-state index contributed by atoms with van der Waals surface area (Å²) in [6.07, 6.45) is 0. The van der Waals surface area contributed by atoms with Crippen LogP contribution < -0.4 is 5.32 Å². The molecular weight excluding hydrogens is 240 g/mol. The second-order valence-electron chi connectivity index (χ2n) is 3.43. The third-order valence-corrected chi connectivity index (χ3v) is 2.56. The van der Waals surface area contributed by atoms with Gasteiger partial charge < -0.3 is 10.1 Å². The summed E-state index contributed by atoms with van der Waals surface area (Å²) in [7, 11) is 0. The van der Waals surface area contributed by atoms with Gasteiger partial charge in [-0.2, -0.15) is 5.26 Å². The van der Waals surface area contributed by atoms with Gasteiger partial charge in [0.05, 0.1) is 6.54 Å². The van der Waals surface area contributed by atoms with E-state index in [4.69, 9.17) is 21.6 Å². The second-order valence-corrected chi connectivity index (χ2v) is 3.86. The highest BCUT2D eigenvalue weighted by Gasteiger charge is 2.21. The Morgan fingerprint density at radius 2 is 2.12 bits per heavy atom. The Hall–Kier alpha value is -1.99. The van der Waals surface area contributed by atoms with Gasteiger partial charge in [0.15, 0.2) is 5.57 Å². The summed E-state index contributed by atoms with van der Waals surface area (Å²) in [6, 6.07) is 8.25. The molecule has 1 saturated heterocycles. The number of nitriles is 1. The third kappa shape index (κ3) is 2.40. The molecule has 86 valence electrons. The van der Waals surface area contributed by atoms with Crippen molar-refractivity contribution in [2.75, 3.05) is 13.2 Å². The van der Waals surface area contributed by atoms with Crippen LogP contribution >= 0.6 is 11.6 Å². The van der Waals surface area contributed by atoms with Crippen molar-refractivity contribution in [3.05, 3.63) is 46.3 Å². The topological polar surface area (TPSA) is 62.1 Å². The summed E-state index contributed by atoms with van der Waals surface area (Å²) < 4.78 is 5.17. The number of nitrogens with one attached hydrogen (secondary N) is 1. The summed E-state index contributed by atoms with van der Waals surface area (Å²) >= 11 is 5.73. The monoisotopic (exact) mass is 248 g/mol. The molecular formula is C12H9ClN2O2. The van der Waals surface area contributed by atoms with E-state index in [1.165, 1.54) is 0 Å². The summed E-state index contributed by atoms with van der Waals surface area (Å²) in [5.41, 5.74) is 0.403. The molecule has 0 spiro atoms. The first-order valence-corrected chi connectivity index (χ1v) is 5.41. The minimum atomic E-state index is -0.367. The fourth-order valence-corrected chi connectivity index (χ4v) is 1.61. The Labute approximate surface area is 103 Å². The molecule has 1 aliphatic rings. The molecule has 1 fully saturated rings. The number of halogens is 1. The van der Waals surface area contributed by atoms with Crippen LogP contribution in [-0.4, -0.2) is 18.9 Å². The van der Waals surface area contributed by atoms with Gasteiger partial charge in [0.25, 0.3) is 0 Å². The molecule has 0 atom stereocenters. The molecule has 0 amide bonds. The summed E-state index contributed by atoms with van der Waals surface area (Å²) in [6.45, 7) is 1.07. The van der Waals surface area contributed by atoms with Gasteiger partial charge in [-0.25, -0.2) is 0 Å². The number of rotatable bonds is 2. The van der Waals surface area contributed by atoms with Gasteiger partial charge >= 0.3 is 0 Å². The zero-order chi connectivity index (χ0) is 12.3. The van der Waals surface area contributed by atoms with Crippen LogP contribution in [0.1, 0.15) is 10.4 Å². The van der Waals surface area contributed by atoms with Gasteiger partial charge in [0.2, 0.25) is 11.7 Å². The van der Waals surface area contributed by atoms with Crippen molar-refractivity contribution in [2.24, 2.45) is 0 Å². The highest BCUT2D eigenvalue weighted by molar-refractivity contribution is 6.30. The molecule has 2 rings (SSSR count). The minimum absolute atomic E-state index is 0.00942. The fraction of sp³-hybridized carbons (Fsp3) is 0.167. The first-order valence-electron chi connectivity index (χ1n) is 5.03. The van der Waals surface area contributed by atoms with Crippen molar-refractivity contribution in [1.29, 1.82) is 5.26 Å².